The van der Waals surface area contributed by atoms with E-state index < -0.39 is 5.60 Å². The summed E-state index contributed by atoms with van der Waals surface area (Å²) >= 11 is 0. The zero-order valence-electron chi connectivity index (χ0n) is 19.1. The molecule has 0 radical (unpaired) electrons. The van der Waals surface area contributed by atoms with Gasteiger partial charge in [0.2, 0.25) is 0 Å². The third-order valence-electron chi connectivity index (χ3n) is 7.42. The molecule has 3 rings (SSSR count). The van der Waals surface area contributed by atoms with Crippen LogP contribution < -0.4 is 5.32 Å². The van der Waals surface area contributed by atoms with Crippen molar-refractivity contribution in [3.8, 4) is 0 Å². The van der Waals surface area contributed by atoms with Gasteiger partial charge in [0.25, 0.3) is 5.91 Å². The Morgan fingerprint density at radius 1 is 1.13 bits per heavy atom. The zero-order chi connectivity index (χ0) is 21.4. The van der Waals surface area contributed by atoms with E-state index in [1.807, 2.05) is 30.3 Å². The number of piperidine rings is 1. The molecule has 0 spiro atoms. The molecule has 1 aliphatic heterocycles. The summed E-state index contributed by atoms with van der Waals surface area (Å²) in [6, 6.07) is 9.75. The van der Waals surface area contributed by atoms with Crippen molar-refractivity contribution in [2.45, 2.75) is 89.7 Å². The average molecular weight is 415 g/mol. The van der Waals surface area contributed by atoms with Crippen LogP contribution in [0.15, 0.2) is 30.3 Å². The van der Waals surface area contributed by atoms with Crippen LogP contribution >= 0.6 is 0 Å². The van der Waals surface area contributed by atoms with Gasteiger partial charge >= 0.3 is 0 Å². The molecule has 168 valence electrons. The minimum absolute atomic E-state index is 0.0181. The van der Waals surface area contributed by atoms with Crippen LogP contribution in [0, 0.1) is 11.8 Å². The maximum atomic E-state index is 13.3. The summed E-state index contributed by atoms with van der Waals surface area (Å²) in [6.45, 7) is 7.88. The average Bonchev–Trinajstić information content (AvgIpc) is 3.32. The Morgan fingerprint density at radius 2 is 1.80 bits per heavy atom. The molecule has 30 heavy (non-hydrogen) atoms. The van der Waals surface area contributed by atoms with Gasteiger partial charge < -0.3 is 15.3 Å². The second-order valence-corrected chi connectivity index (χ2v) is 9.74. The largest absolute Gasteiger partial charge is 0.375 e. The van der Waals surface area contributed by atoms with Crippen molar-refractivity contribution in [2.24, 2.45) is 11.8 Å². The highest BCUT2D eigenvalue weighted by atomic mass is 16.3. The lowest BCUT2D eigenvalue weighted by atomic mass is 9.79. The fourth-order valence-electron chi connectivity index (χ4n) is 5.28. The van der Waals surface area contributed by atoms with Crippen LogP contribution in [0.3, 0.4) is 0 Å². The molecular formula is C26H42N2O2. The second kappa shape index (κ2) is 11.3. The number of carbonyl (C=O) groups is 1. The Bertz CT molecular complexity index is 636. The van der Waals surface area contributed by atoms with Gasteiger partial charge in [-0.2, -0.15) is 0 Å². The summed E-state index contributed by atoms with van der Waals surface area (Å²) in [5, 5.41) is 14.9. The van der Waals surface area contributed by atoms with Gasteiger partial charge in [-0.25, -0.2) is 0 Å². The first kappa shape index (κ1) is 23.3. The number of nitrogens with zero attached hydrogens (tertiary/aromatic N) is 1. The summed E-state index contributed by atoms with van der Waals surface area (Å²) < 4.78 is 0. The molecule has 1 amide bonds. The van der Waals surface area contributed by atoms with Crippen LogP contribution in [0.5, 0.6) is 0 Å². The molecule has 1 aromatic carbocycles. The predicted octanol–water partition coefficient (Wildman–Crippen LogP) is 4.86. The van der Waals surface area contributed by atoms with Gasteiger partial charge in [-0.3, -0.25) is 4.79 Å². The maximum absolute atomic E-state index is 13.3. The Balaban J connectivity index is 1.52. The fourth-order valence-corrected chi connectivity index (χ4v) is 5.28. The van der Waals surface area contributed by atoms with E-state index in [1.165, 1.54) is 32.2 Å². The quantitative estimate of drug-likeness (QED) is 0.575. The van der Waals surface area contributed by atoms with Crippen LogP contribution in [0.1, 0.15) is 83.6 Å². The van der Waals surface area contributed by atoms with Crippen molar-refractivity contribution in [3.63, 3.8) is 0 Å². The Kier molecular flexibility index (Phi) is 8.76. The predicted molar refractivity (Wildman–Crippen MR) is 123 cm³/mol. The topological polar surface area (TPSA) is 52.6 Å². The standard InChI is InChI=1S/C26H42N2O2/c1-3-4-10-21(2)15-18-28-19-16-24(17-20-28)27-25(29)26(30,23-13-8-9-14-23)22-11-6-5-7-12-22/h5-7,11-12,21,23-24,30H,3-4,8-10,13-20H2,1-2H3,(H,27,29). The SMILES string of the molecule is CCCCC(C)CCN1CCC(NC(=O)C(O)(c2ccccc2)C2CCCC2)CC1. The molecule has 1 heterocycles. The molecule has 2 atom stereocenters. The number of nitrogens with one attached hydrogen (secondary N) is 1. The van der Waals surface area contributed by atoms with E-state index in [9.17, 15) is 9.90 Å². The van der Waals surface area contributed by atoms with Gasteiger partial charge in [0.05, 0.1) is 0 Å². The van der Waals surface area contributed by atoms with Crippen LogP contribution in [-0.4, -0.2) is 41.6 Å². The lowest BCUT2D eigenvalue weighted by Crippen LogP contribution is -2.54. The van der Waals surface area contributed by atoms with E-state index in [-0.39, 0.29) is 17.9 Å². The molecule has 0 bridgehead atoms. The Morgan fingerprint density at radius 3 is 2.43 bits per heavy atom. The minimum Gasteiger partial charge on any atom is -0.375 e. The number of carbonyl (C=O) groups excluding carboxylic acids is 1. The Labute approximate surface area is 183 Å². The number of unbranched alkanes of at least 4 members (excludes halogenated alkanes) is 1. The van der Waals surface area contributed by atoms with E-state index in [1.54, 1.807) is 0 Å². The molecule has 4 nitrogen and oxygen atoms in total. The number of hydrogen-bond acceptors (Lipinski definition) is 3. The number of likely N-dealkylation sites (tertiary alicyclic amines) is 1. The smallest absolute Gasteiger partial charge is 0.257 e. The van der Waals surface area contributed by atoms with Gasteiger partial charge in [-0.05, 0) is 50.1 Å². The lowest BCUT2D eigenvalue weighted by Gasteiger charge is -2.37. The number of amides is 1. The first-order chi connectivity index (χ1) is 14.5. The van der Waals surface area contributed by atoms with E-state index in [2.05, 4.69) is 24.1 Å². The molecule has 2 N–H and O–H groups in total. The monoisotopic (exact) mass is 414 g/mol. The molecular weight excluding hydrogens is 372 g/mol. The van der Waals surface area contributed by atoms with Crippen LogP contribution in [0.25, 0.3) is 0 Å². The zero-order valence-corrected chi connectivity index (χ0v) is 19.1. The molecule has 2 fully saturated rings. The first-order valence-corrected chi connectivity index (χ1v) is 12.3. The summed E-state index contributed by atoms with van der Waals surface area (Å²) in [5.74, 6) is 0.631. The molecule has 2 aliphatic rings. The van der Waals surface area contributed by atoms with E-state index >= 15 is 0 Å². The highest BCUT2D eigenvalue weighted by Gasteiger charge is 2.46. The van der Waals surface area contributed by atoms with Crippen molar-refractivity contribution in [2.75, 3.05) is 19.6 Å². The third-order valence-corrected chi connectivity index (χ3v) is 7.42. The molecule has 4 heteroatoms. The number of aliphatic hydroxyl groups is 1. The van der Waals surface area contributed by atoms with Gasteiger partial charge in [-0.1, -0.05) is 76.3 Å². The van der Waals surface area contributed by atoms with Crippen molar-refractivity contribution in [3.05, 3.63) is 35.9 Å². The molecule has 1 aliphatic carbocycles. The highest BCUT2D eigenvalue weighted by Crippen LogP contribution is 2.41. The van der Waals surface area contributed by atoms with Crippen molar-refractivity contribution in [1.82, 2.24) is 10.2 Å². The normalized spacial score (nSPS) is 22.0. The third kappa shape index (κ3) is 5.85. The van der Waals surface area contributed by atoms with Crippen LogP contribution in [0.2, 0.25) is 0 Å². The minimum atomic E-state index is -1.40. The maximum Gasteiger partial charge on any atom is 0.257 e. The van der Waals surface area contributed by atoms with Gasteiger partial charge in [0, 0.05) is 25.0 Å². The van der Waals surface area contributed by atoms with Crippen LogP contribution in [0.4, 0.5) is 0 Å². The second-order valence-electron chi connectivity index (χ2n) is 9.74. The summed E-state index contributed by atoms with van der Waals surface area (Å²) in [4.78, 5) is 15.9. The van der Waals surface area contributed by atoms with E-state index in [0.29, 0.717) is 0 Å². The first-order valence-electron chi connectivity index (χ1n) is 12.3. The van der Waals surface area contributed by atoms with Gasteiger partial charge in [0.1, 0.15) is 0 Å². The van der Waals surface area contributed by atoms with Gasteiger partial charge in [0.15, 0.2) is 5.60 Å². The summed E-state index contributed by atoms with van der Waals surface area (Å²) in [6.07, 6.45) is 11.2. The van der Waals surface area contributed by atoms with E-state index in [4.69, 9.17) is 0 Å². The number of hydrogen-bond donors (Lipinski definition) is 2. The molecule has 1 aromatic rings. The Hall–Kier alpha value is -1.39. The summed E-state index contributed by atoms with van der Waals surface area (Å²) in [7, 11) is 0. The van der Waals surface area contributed by atoms with Crippen LogP contribution in [-0.2, 0) is 10.4 Å². The van der Waals surface area contributed by atoms with Crippen molar-refractivity contribution < 1.29 is 9.90 Å². The van der Waals surface area contributed by atoms with E-state index in [0.717, 1.165) is 63.1 Å². The lowest BCUT2D eigenvalue weighted by molar-refractivity contribution is -0.148. The van der Waals surface area contributed by atoms with Crippen molar-refractivity contribution >= 4 is 5.91 Å². The number of rotatable bonds is 10. The van der Waals surface area contributed by atoms with Crippen molar-refractivity contribution in [1.29, 1.82) is 0 Å². The molecule has 1 saturated heterocycles. The molecule has 0 aromatic heterocycles. The van der Waals surface area contributed by atoms with Gasteiger partial charge in [-0.15, -0.1) is 0 Å². The molecule has 1 saturated carbocycles. The highest BCUT2D eigenvalue weighted by molar-refractivity contribution is 5.87. The number of benzene rings is 1. The molecule has 2 unspecified atom stereocenters. The fraction of sp³-hybridized carbons (Fsp3) is 0.731. The summed E-state index contributed by atoms with van der Waals surface area (Å²) in [5.41, 5.74) is -0.656.